The molecule has 5 heteroatoms. The van der Waals surface area contributed by atoms with Gasteiger partial charge >= 0.3 is 0 Å². The number of nitrogens with zero attached hydrogens (tertiary/aromatic N) is 1. The van der Waals surface area contributed by atoms with Crippen LogP contribution in [-0.2, 0) is 0 Å². The number of para-hydroxylation sites is 1. The van der Waals surface area contributed by atoms with Crippen molar-refractivity contribution in [1.82, 2.24) is 0 Å². The first-order chi connectivity index (χ1) is 13.7. The zero-order valence-corrected chi connectivity index (χ0v) is 16.8. The van der Waals surface area contributed by atoms with E-state index in [9.17, 15) is 4.79 Å². The van der Waals surface area contributed by atoms with Crippen molar-refractivity contribution in [3.8, 4) is 11.5 Å². The topological polar surface area (TPSA) is 38.8 Å². The average Bonchev–Trinajstić information content (AvgIpc) is 2.73. The van der Waals surface area contributed by atoms with Gasteiger partial charge < -0.3 is 9.47 Å². The predicted molar refractivity (Wildman–Crippen MR) is 114 cm³/mol. The van der Waals surface area contributed by atoms with Crippen LogP contribution in [0.2, 0.25) is 0 Å². The number of hydrogen-bond acceptors (Lipinski definition) is 4. The van der Waals surface area contributed by atoms with Crippen molar-refractivity contribution in [3.63, 3.8) is 0 Å². The van der Waals surface area contributed by atoms with Gasteiger partial charge in [0, 0.05) is 10.5 Å². The molecular weight excluding hydrogens is 370 g/mol. The van der Waals surface area contributed by atoms with Crippen LogP contribution in [0.15, 0.2) is 71.7 Å². The molecule has 1 amide bonds. The SMILES string of the molecule is CCOc1ccc(C(=O)N2c3ccccc3S[C@@H]3C=CC=C[C@@H]32)cc1OCC. The molecule has 4 rings (SSSR count). The molecule has 0 N–H and O–H groups in total. The Morgan fingerprint density at radius 1 is 1.00 bits per heavy atom. The molecule has 1 aliphatic carbocycles. The Kier molecular flexibility index (Phi) is 5.44. The minimum Gasteiger partial charge on any atom is -0.490 e. The maximum absolute atomic E-state index is 13.6. The molecule has 0 aromatic heterocycles. The smallest absolute Gasteiger partial charge is 0.259 e. The molecule has 4 nitrogen and oxygen atoms in total. The maximum Gasteiger partial charge on any atom is 0.259 e. The summed E-state index contributed by atoms with van der Waals surface area (Å²) in [5.41, 5.74) is 1.54. The predicted octanol–water partition coefficient (Wildman–Crippen LogP) is 5.10. The van der Waals surface area contributed by atoms with Gasteiger partial charge in [0.05, 0.1) is 30.2 Å². The molecular formula is C23H23NO3S. The summed E-state index contributed by atoms with van der Waals surface area (Å²) in [6.07, 6.45) is 8.33. The fraction of sp³-hybridized carbons (Fsp3) is 0.261. The van der Waals surface area contributed by atoms with Crippen LogP contribution < -0.4 is 14.4 Å². The van der Waals surface area contributed by atoms with Crippen molar-refractivity contribution in [2.24, 2.45) is 0 Å². The Hall–Kier alpha value is -2.66. The molecule has 28 heavy (non-hydrogen) atoms. The largest absolute Gasteiger partial charge is 0.490 e. The van der Waals surface area contributed by atoms with Crippen LogP contribution in [0.3, 0.4) is 0 Å². The van der Waals surface area contributed by atoms with Crippen molar-refractivity contribution in [1.29, 1.82) is 0 Å². The second-order valence-electron chi connectivity index (χ2n) is 6.51. The standard InChI is InChI=1S/C23H23NO3S/c1-3-26-19-14-13-16(15-20(19)27-4-2)23(25)24-17-9-5-7-11-21(17)28-22-12-8-6-10-18(22)24/h5-15,17,21H,3-4H2,1-2H3/t17-,21+/m0/s1. The van der Waals surface area contributed by atoms with Crippen molar-refractivity contribution < 1.29 is 14.3 Å². The number of rotatable bonds is 5. The lowest BCUT2D eigenvalue weighted by Crippen LogP contribution is -2.47. The molecule has 0 unspecified atom stereocenters. The van der Waals surface area contributed by atoms with Crippen molar-refractivity contribution in [3.05, 3.63) is 72.3 Å². The highest BCUT2D eigenvalue weighted by Crippen LogP contribution is 2.44. The fourth-order valence-corrected chi connectivity index (χ4v) is 4.81. The molecule has 2 aliphatic rings. The number of carbonyl (C=O) groups is 1. The zero-order chi connectivity index (χ0) is 19.5. The number of fused-ring (bicyclic) bond motifs is 2. The van der Waals surface area contributed by atoms with Gasteiger partial charge in [0.25, 0.3) is 5.91 Å². The van der Waals surface area contributed by atoms with E-state index in [0.717, 1.165) is 10.6 Å². The van der Waals surface area contributed by atoms with E-state index in [4.69, 9.17) is 9.47 Å². The molecule has 1 heterocycles. The molecule has 1 aliphatic heterocycles. The molecule has 0 fully saturated rings. The molecule has 0 bridgehead atoms. The quantitative estimate of drug-likeness (QED) is 0.708. The summed E-state index contributed by atoms with van der Waals surface area (Å²) in [5, 5.41) is 0.206. The van der Waals surface area contributed by atoms with Crippen molar-refractivity contribution in [2.75, 3.05) is 18.1 Å². The number of ether oxygens (including phenoxy) is 2. The molecule has 2 aromatic rings. The number of thioether (sulfide) groups is 1. The van der Waals surface area contributed by atoms with Gasteiger partial charge in [-0.05, 0) is 44.2 Å². The first kappa shape index (κ1) is 18.7. The lowest BCUT2D eigenvalue weighted by Gasteiger charge is -2.40. The van der Waals surface area contributed by atoms with Gasteiger partial charge in [-0.15, -0.1) is 11.8 Å². The highest BCUT2D eigenvalue weighted by atomic mass is 32.2. The number of hydrogen-bond donors (Lipinski definition) is 0. The molecule has 2 aromatic carbocycles. The van der Waals surface area contributed by atoms with Crippen molar-refractivity contribution >= 4 is 23.4 Å². The van der Waals surface area contributed by atoms with Crippen LogP contribution in [0.1, 0.15) is 24.2 Å². The molecule has 2 atom stereocenters. The van der Waals surface area contributed by atoms with Gasteiger partial charge in [-0.1, -0.05) is 36.4 Å². The third-order valence-electron chi connectivity index (χ3n) is 4.75. The Balaban J connectivity index is 1.75. The zero-order valence-electron chi connectivity index (χ0n) is 16.0. The number of amides is 1. The van der Waals surface area contributed by atoms with Crippen LogP contribution >= 0.6 is 11.8 Å². The first-order valence-electron chi connectivity index (χ1n) is 9.56. The summed E-state index contributed by atoms with van der Waals surface area (Å²) in [6.45, 7) is 4.91. The Bertz CT molecular complexity index is 937. The van der Waals surface area contributed by atoms with E-state index in [1.54, 1.807) is 17.8 Å². The average molecular weight is 394 g/mol. The van der Waals surface area contributed by atoms with Crippen molar-refractivity contribution in [2.45, 2.75) is 30.0 Å². The van der Waals surface area contributed by atoms with Gasteiger partial charge in [0.2, 0.25) is 0 Å². The second-order valence-corrected chi connectivity index (χ2v) is 7.73. The molecule has 0 saturated heterocycles. The maximum atomic E-state index is 13.6. The van der Waals surface area contributed by atoms with Gasteiger partial charge in [0.1, 0.15) is 0 Å². The van der Waals surface area contributed by atoms with E-state index in [1.807, 2.05) is 55.2 Å². The minimum absolute atomic E-state index is 0.0143. The van der Waals surface area contributed by atoms with Gasteiger partial charge in [-0.25, -0.2) is 0 Å². The summed E-state index contributed by atoms with van der Waals surface area (Å²) in [4.78, 5) is 16.6. The Morgan fingerprint density at radius 2 is 1.75 bits per heavy atom. The normalized spacial score (nSPS) is 19.7. The number of benzene rings is 2. The van der Waals surface area contributed by atoms with E-state index in [0.29, 0.717) is 30.3 Å². The highest BCUT2D eigenvalue weighted by molar-refractivity contribution is 8.00. The third-order valence-corrected chi connectivity index (χ3v) is 6.06. The summed E-state index contributed by atoms with van der Waals surface area (Å²) in [6, 6.07) is 13.5. The molecule has 0 radical (unpaired) electrons. The van der Waals surface area contributed by atoms with E-state index >= 15 is 0 Å². The lowest BCUT2D eigenvalue weighted by atomic mass is 10.0. The van der Waals surface area contributed by atoms with E-state index < -0.39 is 0 Å². The number of carbonyl (C=O) groups excluding carboxylic acids is 1. The summed E-state index contributed by atoms with van der Waals surface area (Å²) in [7, 11) is 0. The molecule has 0 saturated carbocycles. The van der Waals surface area contributed by atoms with Crippen LogP contribution in [0.5, 0.6) is 11.5 Å². The Morgan fingerprint density at radius 3 is 2.57 bits per heavy atom. The number of allylic oxidation sites excluding steroid dienone is 2. The van der Waals surface area contributed by atoms with E-state index in [2.05, 4.69) is 24.3 Å². The monoisotopic (exact) mass is 393 g/mol. The minimum atomic E-state index is -0.0355. The van der Waals surface area contributed by atoms with E-state index in [1.165, 1.54) is 0 Å². The summed E-state index contributed by atoms with van der Waals surface area (Å²) < 4.78 is 11.4. The molecule has 0 spiro atoms. The van der Waals surface area contributed by atoms with Gasteiger partial charge in [-0.2, -0.15) is 0 Å². The lowest BCUT2D eigenvalue weighted by molar-refractivity contribution is 0.0980. The van der Waals surface area contributed by atoms with Crippen LogP contribution in [0.4, 0.5) is 5.69 Å². The third kappa shape index (κ3) is 3.42. The van der Waals surface area contributed by atoms with E-state index in [-0.39, 0.29) is 17.2 Å². The summed E-state index contributed by atoms with van der Waals surface area (Å²) in [5.74, 6) is 1.23. The van der Waals surface area contributed by atoms with Gasteiger partial charge in [-0.3, -0.25) is 9.69 Å². The van der Waals surface area contributed by atoms with Crippen LogP contribution in [0, 0.1) is 0 Å². The Labute approximate surface area is 169 Å². The van der Waals surface area contributed by atoms with Gasteiger partial charge in [0.15, 0.2) is 11.5 Å². The number of anilines is 1. The summed E-state index contributed by atoms with van der Waals surface area (Å²) >= 11 is 1.80. The highest BCUT2D eigenvalue weighted by Gasteiger charge is 2.37. The van der Waals surface area contributed by atoms with Crippen LogP contribution in [0.25, 0.3) is 0 Å². The molecule has 144 valence electrons. The van der Waals surface area contributed by atoms with Crippen LogP contribution in [-0.4, -0.2) is 30.4 Å². The first-order valence-corrected chi connectivity index (χ1v) is 10.4. The second kappa shape index (κ2) is 8.15. The fourth-order valence-electron chi connectivity index (χ4n) is 3.55.